The second-order valence-electron chi connectivity index (χ2n) is 3.42. The molecule has 0 saturated carbocycles. The van der Waals surface area contributed by atoms with Crippen LogP contribution in [0.15, 0.2) is 35.3 Å². The smallest absolute Gasteiger partial charge is 0.216 e. The van der Waals surface area contributed by atoms with E-state index in [-0.39, 0.29) is 6.04 Å². The van der Waals surface area contributed by atoms with Crippen molar-refractivity contribution in [2.24, 2.45) is 4.99 Å². The predicted octanol–water partition coefficient (Wildman–Crippen LogP) is 1.21. The SMILES string of the molecule is C[C@@H](O)C1COC(c2ccccc2)=N1. The third-order valence-corrected chi connectivity index (χ3v) is 2.25. The molecule has 1 N–H and O–H groups in total. The lowest BCUT2D eigenvalue weighted by Gasteiger charge is -2.05. The van der Waals surface area contributed by atoms with Crippen LogP contribution in [-0.2, 0) is 4.74 Å². The Morgan fingerprint density at radius 3 is 2.71 bits per heavy atom. The molecule has 0 aliphatic carbocycles. The van der Waals surface area contributed by atoms with Gasteiger partial charge >= 0.3 is 0 Å². The van der Waals surface area contributed by atoms with Gasteiger partial charge in [0.05, 0.1) is 6.10 Å². The minimum atomic E-state index is -0.448. The van der Waals surface area contributed by atoms with Crippen molar-refractivity contribution in [3.63, 3.8) is 0 Å². The monoisotopic (exact) mass is 191 g/mol. The fraction of sp³-hybridized carbons (Fsp3) is 0.364. The van der Waals surface area contributed by atoms with Crippen LogP contribution in [-0.4, -0.2) is 29.8 Å². The number of rotatable bonds is 2. The fourth-order valence-corrected chi connectivity index (χ4v) is 1.38. The first kappa shape index (κ1) is 9.21. The molecular formula is C11H13NO2. The summed E-state index contributed by atoms with van der Waals surface area (Å²) in [6.07, 6.45) is -0.448. The van der Waals surface area contributed by atoms with Crippen molar-refractivity contribution >= 4 is 5.90 Å². The summed E-state index contributed by atoms with van der Waals surface area (Å²) in [7, 11) is 0. The van der Waals surface area contributed by atoms with E-state index in [1.54, 1.807) is 6.92 Å². The molecular weight excluding hydrogens is 178 g/mol. The van der Waals surface area contributed by atoms with E-state index < -0.39 is 6.10 Å². The largest absolute Gasteiger partial charge is 0.475 e. The Morgan fingerprint density at radius 1 is 1.43 bits per heavy atom. The summed E-state index contributed by atoms with van der Waals surface area (Å²) in [5, 5.41) is 9.33. The maximum Gasteiger partial charge on any atom is 0.216 e. The van der Waals surface area contributed by atoms with Crippen molar-refractivity contribution in [3.05, 3.63) is 35.9 Å². The zero-order valence-corrected chi connectivity index (χ0v) is 8.05. The van der Waals surface area contributed by atoms with Crippen LogP contribution in [0.25, 0.3) is 0 Å². The molecule has 1 aliphatic rings. The normalized spacial score (nSPS) is 22.7. The third kappa shape index (κ3) is 1.77. The van der Waals surface area contributed by atoms with Crippen LogP contribution in [0, 0.1) is 0 Å². The molecule has 3 nitrogen and oxygen atoms in total. The molecule has 1 aromatic carbocycles. The van der Waals surface area contributed by atoms with Crippen LogP contribution in [0.4, 0.5) is 0 Å². The van der Waals surface area contributed by atoms with Gasteiger partial charge in [-0.25, -0.2) is 4.99 Å². The minimum Gasteiger partial charge on any atom is -0.475 e. The summed E-state index contributed by atoms with van der Waals surface area (Å²) >= 11 is 0. The lowest BCUT2D eigenvalue weighted by Crippen LogP contribution is -2.21. The van der Waals surface area contributed by atoms with Gasteiger partial charge in [-0.15, -0.1) is 0 Å². The van der Waals surface area contributed by atoms with Gasteiger partial charge in [0.15, 0.2) is 0 Å². The third-order valence-electron chi connectivity index (χ3n) is 2.25. The molecule has 0 bridgehead atoms. The topological polar surface area (TPSA) is 41.8 Å². The van der Waals surface area contributed by atoms with Crippen LogP contribution >= 0.6 is 0 Å². The number of aliphatic hydroxyl groups excluding tert-OH is 1. The van der Waals surface area contributed by atoms with Crippen LogP contribution in [0.3, 0.4) is 0 Å². The van der Waals surface area contributed by atoms with E-state index in [2.05, 4.69) is 4.99 Å². The second kappa shape index (κ2) is 3.80. The molecule has 0 aromatic heterocycles. The maximum absolute atomic E-state index is 9.33. The first-order valence-electron chi connectivity index (χ1n) is 4.71. The van der Waals surface area contributed by atoms with Gasteiger partial charge in [-0.1, -0.05) is 18.2 Å². The van der Waals surface area contributed by atoms with Crippen LogP contribution < -0.4 is 0 Å². The molecule has 74 valence electrons. The first-order chi connectivity index (χ1) is 6.77. The highest BCUT2D eigenvalue weighted by atomic mass is 16.5. The summed E-state index contributed by atoms with van der Waals surface area (Å²) in [4.78, 5) is 4.30. The van der Waals surface area contributed by atoms with Gasteiger partial charge in [-0.3, -0.25) is 0 Å². The van der Waals surface area contributed by atoms with Crippen molar-refractivity contribution < 1.29 is 9.84 Å². The fourth-order valence-electron chi connectivity index (χ4n) is 1.38. The van der Waals surface area contributed by atoms with Crippen molar-refractivity contribution in [2.75, 3.05) is 6.61 Å². The van der Waals surface area contributed by atoms with E-state index in [1.165, 1.54) is 0 Å². The lowest BCUT2D eigenvalue weighted by atomic mass is 10.2. The predicted molar refractivity (Wildman–Crippen MR) is 54.4 cm³/mol. The second-order valence-corrected chi connectivity index (χ2v) is 3.42. The highest BCUT2D eigenvalue weighted by Crippen LogP contribution is 2.13. The van der Waals surface area contributed by atoms with Crippen molar-refractivity contribution in [1.29, 1.82) is 0 Å². The molecule has 1 unspecified atom stereocenters. The zero-order valence-electron chi connectivity index (χ0n) is 8.05. The van der Waals surface area contributed by atoms with Gasteiger partial charge in [0.25, 0.3) is 0 Å². The molecule has 1 aromatic rings. The molecule has 2 atom stereocenters. The summed E-state index contributed by atoms with van der Waals surface area (Å²) < 4.78 is 5.40. The summed E-state index contributed by atoms with van der Waals surface area (Å²) in [5.74, 6) is 0.636. The number of nitrogens with zero attached hydrogens (tertiary/aromatic N) is 1. The first-order valence-corrected chi connectivity index (χ1v) is 4.71. The van der Waals surface area contributed by atoms with Crippen molar-refractivity contribution in [1.82, 2.24) is 0 Å². The van der Waals surface area contributed by atoms with E-state index in [0.717, 1.165) is 5.56 Å². The Hall–Kier alpha value is -1.35. The number of hydrogen-bond acceptors (Lipinski definition) is 3. The standard InChI is InChI=1S/C11H13NO2/c1-8(13)10-7-14-11(12-10)9-5-3-2-4-6-9/h2-6,8,10,13H,7H2,1H3/t8-,10?/m1/s1. The maximum atomic E-state index is 9.33. The molecule has 0 fully saturated rings. The van der Waals surface area contributed by atoms with Gasteiger partial charge in [0.2, 0.25) is 5.90 Å². The Bertz CT molecular complexity index is 332. The molecule has 0 spiro atoms. The summed E-state index contributed by atoms with van der Waals surface area (Å²) in [6, 6.07) is 9.61. The van der Waals surface area contributed by atoms with Crippen molar-refractivity contribution in [2.45, 2.75) is 19.1 Å². The number of benzene rings is 1. The van der Waals surface area contributed by atoms with E-state index in [0.29, 0.717) is 12.5 Å². The number of ether oxygens (including phenoxy) is 1. The molecule has 0 saturated heterocycles. The van der Waals surface area contributed by atoms with Gasteiger partial charge in [0.1, 0.15) is 12.6 Å². The molecule has 1 heterocycles. The van der Waals surface area contributed by atoms with E-state index in [9.17, 15) is 5.11 Å². The van der Waals surface area contributed by atoms with E-state index in [4.69, 9.17) is 4.74 Å². The van der Waals surface area contributed by atoms with Gasteiger partial charge in [0, 0.05) is 5.56 Å². The number of hydrogen-bond donors (Lipinski definition) is 1. The summed E-state index contributed by atoms with van der Waals surface area (Å²) in [5.41, 5.74) is 0.968. The molecule has 1 aliphatic heterocycles. The van der Waals surface area contributed by atoms with Gasteiger partial charge in [-0.05, 0) is 19.1 Å². The van der Waals surface area contributed by atoms with E-state index in [1.807, 2.05) is 30.3 Å². The van der Waals surface area contributed by atoms with Gasteiger partial charge in [-0.2, -0.15) is 0 Å². The lowest BCUT2D eigenvalue weighted by molar-refractivity contribution is 0.145. The molecule has 0 amide bonds. The van der Waals surface area contributed by atoms with Gasteiger partial charge < -0.3 is 9.84 Å². The quantitative estimate of drug-likeness (QED) is 0.763. The number of aliphatic hydroxyl groups is 1. The summed E-state index contributed by atoms with van der Waals surface area (Å²) in [6.45, 7) is 2.20. The molecule has 0 radical (unpaired) electrons. The minimum absolute atomic E-state index is 0.120. The van der Waals surface area contributed by atoms with E-state index >= 15 is 0 Å². The van der Waals surface area contributed by atoms with Crippen LogP contribution in [0.1, 0.15) is 12.5 Å². The van der Waals surface area contributed by atoms with Crippen LogP contribution in [0.5, 0.6) is 0 Å². The van der Waals surface area contributed by atoms with Crippen LogP contribution in [0.2, 0.25) is 0 Å². The average molecular weight is 191 g/mol. The molecule has 3 heteroatoms. The zero-order chi connectivity index (χ0) is 9.97. The number of aliphatic imine (C=N–C) groups is 1. The Morgan fingerprint density at radius 2 is 2.14 bits per heavy atom. The highest BCUT2D eigenvalue weighted by Gasteiger charge is 2.23. The van der Waals surface area contributed by atoms with Crippen molar-refractivity contribution in [3.8, 4) is 0 Å². The molecule has 2 rings (SSSR count). The Labute approximate surface area is 83.1 Å². The Kier molecular flexibility index (Phi) is 2.50. The molecule has 14 heavy (non-hydrogen) atoms. The average Bonchev–Trinajstić information content (AvgIpc) is 2.68. The Balaban J connectivity index is 2.18. The highest BCUT2D eigenvalue weighted by molar-refractivity contribution is 5.95.